The molecule has 3 aliphatic heterocycles. The maximum absolute atomic E-state index is 12.8. The fourth-order valence-electron chi connectivity index (χ4n) is 4.47. The normalized spacial score (nSPS) is 25.0. The van der Waals surface area contributed by atoms with Crippen LogP contribution in [-0.4, -0.2) is 74.0 Å². The van der Waals surface area contributed by atoms with Crippen molar-refractivity contribution in [2.45, 2.75) is 45.0 Å². The number of hydrogen-bond donors (Lipinski definition) is 2. The van der Waals surface area contributed by atoms with E-state index in [1.54, 1.807) is 6.07 Å². The van der Waals surface area contributed by atoms with Gasteiger partial charge in [-0.05, 0) is 45.8 Å². The van der Waals surface area contributed by atoms with E-state index >= 15 is 0 Å². The summed E-state index contributed by atoms with van der Waals surface area (Å²) in [5, 5.41) is 14.0. The van der Waals surface area contributed by atoms with Crippen molar-refractivity contribution in [3.63, 3.8) is 0 Å². The zero-order chi connectivity index (χ0) is 22.0. The number of nitrogens with one attached hydrogen (secondary N) is 1. The maximum Gasteiger partial charge on any atom is 0.255 e. The maximum atomic E-state index is 12.8. The molecule has 2 saturated heterocycles. The number of amides is 1. The first-order valence-corrected chi connectivity index (χ1v) is 11.3. The van der Waals surface area contributed by atoms with Gasteiger partial charge in [0.1, 0.15) is 0 Å². The molecule has 172 valence electrons. The topological polar surface area (TPSA) is 89.5 Å². The molecule has 31 heavy (non-hydrogen) atoms. The van der Waals surface area contributed by atoms with Gasteiger partial charge in [-0.2, -0.15) is 0 Å². The van der Waals surface area contributed by atoms with Gasteiger partial charge in [0.05, 0.1) is 24.9 Å². The third kappa shape index (κ3) is 5.09. The van der Waals surface area contributed by atoms with Crippen LogP contribution in [0.25, 0.3) is 0 Å². The summed E-state index contributed by atoms with van der Waals surface area (Å²) in [6.45, 7) is 7.98. The van der Waals surface area contributed by atoms with Crippen molar-refractivity contribution >= 4 is 17.5 Å². The number of aliphatic hydroxyl groups excluding tert-OH is 1. The summed E-state index contributed by atoms with van der Waals surface area (Å²) in [6.07, 6.45) is 2.12. The molecule has 4 rings (SSSR count). The van der Waals surface area contributed by atoms with E-state index in [-0.39, 0.29) is 18.6 Å². The highest BCUT2D eigenvalue weighted by molar-refractivity contribution is 6.32. The summed E-state index contributed by atoms with van der Waals surface area (Å²) in [5.74, 6) is 0.218. The van der Waals surface area contributed by atoms with Crippen molar-refractivity contribution in [1.82, 2.24) is 10.2 Å². The molecule has 0 bridgehead atoms. The molecule has 2 fully saturated rings. The number of likely N-dealkylation sites (tertiary alicyclic amines) is 1. The van der Waals surface area contributed by atoms with E-state index in [1.807, 2.05) is 13.8 Å². The fourth-order valence-corrected chi connectivity index (χ4v) is 4.66. The Labute approximate surface area is 187 Å². The number of β-amino-alcohol motifs (C(OH)–C–C–N with tert-alkyl or cyclic N) is 1. The van der Waals surface area contributed by atoms with E-state index in [0.717, 1.165) is 37.9 Å². The van der Waals surface area contributed by atoms with Gasteiger partial charge < -0.3 is 34.3 Å². The van der Waals surface area contributed by atoms with Crippen LogP contribution in [0, 0.1) is 12.8 Å². The molecule has 9 heteroatoms. The highest BCUT2D eigenvalue weighted by Gasteiger charge is 2.32. The molecule has 2 N–H and O–H groups in total. The molecule has 2 unspecified atom stereocenters. The lowest BCUT2D eigenvalue weighted by molar-refractivity contribution is -0.148. The minimum atomic E-state index is -0.490. The van der Waals surface area contributed by atoms with Crippen molar-refractivity contribution < 1.29 is 28.8 Å². The lowest BCUT2D eigenvalue weighted by atomic mass is 9.93. The van der Waals surface area contributed by atoms with Crippen molar-refractivity contribution in [1.29, 1.82) is 0 Å². The molecular weight excluding hydrogens is 424 g/mol. The van der Waals surface area contributed by atoms with Gasteiger partial charge in [-0.1, -0.05) is 11.6 Å². The average Bonchev–Trinajstić information content (AvgIpc) is 3.40. The monoisotopic (exact) mass is 454 g/mol. The first-order valence-electron chi connectivity index (χ1n) is 10.9. The second-order valence-electron chi connectivity index (χ2n) is 8.66. The predicted molar refractivity (Wildman–Crippen MR) is 115 cm³/mol. The summed E-state index contributed by atoms with van der Waals surface area (Å²) in [6, 6.07) is 1.61. The van der Waals surface area contributed by atoms with Crippen molar-refractivity contribution in [3.05, 3.63) is 22.2 Å². The Hall–Kier alpha value is -1.58. The summed E-state index contributed by atoms with van der Waals surface area (Å²) in [7, 11) is 0. The summed E-state index contributed by atoms with van der Waals surface area (Å²) >= 11 is 6.24. The van der Waals surface area contributed by atoms with E-state index in [0.29, 0.717) is 48.4 Å². The van der Waals surface area contributed by atoms with Gasteiger partial charge in [0.2, 0.25) is 6.79 Å². The molecule has 0 aliphatic carbocycles. The number of nitrogens with zero attached hydrogens (tertiary/aromatic N) is 1. The number of benzene rings is 1. The number of rotatable bonds is 7. The number of hydrogen-bond acceptors (Lipinski definition) is 7. The van der Waals surface area contributed by atoms with Crippen LogP contribution >= 0.6 is 11.6 Å². The van der Waals surface area contributed by atoms with Gasteiger partial charge in [-0.15, -0.1) is 0 Å². The fraction of sp³-hybridized carbons (Fsp3) is 0.682. The Morgan fingerprint density at radius 1 is 1.32 bits per heavy atom. The van der Waals surface area contributed by atoms with E-state index in [4.69, 9.17) is 30.5 Å². The molecule has 0 spiro atoms. The summed E-state index contributed by atoms with van der Waals surface area (Å²) in [4.78, 5) is 15.0. The van der Waals surface area contributed by atoms with Crippen LogP contribution < -0.4 is 14.8 Å². The Bertz CT molecular complexity index is 814. The number of aliphatic hydroxyl groups is 1. The van der Waals surface area contributed by atoms with Crippen LogP contribution in [0.15, 0.2) is 6.07 Å². The van der Waals surface area contributed by atoms with Gasteiger partial charge in [0.15, 0.2) is 17.3 Å². The molecule has 0 radical (unpaired) electrons. The highest BCUT2D eigenvalue weighted by atomic mass is 35.5. The molecule has 0 aromatic heterocycles. The van der Waals surface area contributed by atoms with Crippen LogP contribution in [-0.2, 0) is 9.47 Å². The van der Waals surface area contributed by atoms with Gasteiger partial charge in [0, 0.05) is 36.0 Å². The second-order valence-corrected chi connectivity index (χ2v) is 9.06. The Morgan fingerprint density at radius 2 is 2.06 bits per heavy atom. The zero-order valence-electron chi connectivity index (χ0n) is 18.1. The number of piperidine rings is 1. The van der Waals surface area contributed by atoms with E-state index in [2.05, 4.69) is 10.2 Å². The molecule has 2 atom stereocenters. The molecule has 1 aromatic rings. The molecular formula is C22H31ClN2O6. The largest absolute Gasteiger partial charge is 0.453 e. The SMILES string of the molecule is Cc1c(Cl)cc(C(=O)NCC2CCN(CCCC3(C)OCCO3)CC2O)c2c1OCO2. The molecule has 8 nitrogen and oxygen atoms in total. The molecule has 3 aliphatic rings. The van der Waals surface area contributed by atoms with Crippen molar-refractivity contribution in [3.8, 4) is 11.5 Å². The smallest absolute Gasteiger partial charge is 0.255 e. The summed E-state index contributed by atoms with van der Waals surface area (Å²) < 4.78 is 22.2. The summed E-state index contributed by atoms with van der Waals surface area (Å²) in [5.41, 5.74) is 1.12. The lowest BCUT2D eigenvalue weighted by Crippen LogP contribution is -2.48. The zero-order valence-corrected chi connectivity index (χ0v) is 18.9. The van der Waals surface area contributed by atoms with Gasteiger partial charge in [0.25, 0.3) is 5.91 Å². The molecule has 1 amide bonds. The average molecular weight is 455 g/mol. The number of carbonyl (C=O) groups excluding carboxylic acids is 1. The number of ether oxygens (including phenoxy) is 4. The third-order valence-corrected chi connectivity index (χ3v) is 6.80. The van der Waals surface area contributed by atoms with Crippen LogP contribution in [0.3, 0.4) is 0 Å². The highest BCUT2D eigenvalue weighted by Crippen LogP contribution is 2.42. The van der Waals surface area contributed by atoms with Crippen LogP contribution in [0.1, 0.15) is 42.1 Å². The third-order valence-electron chi connectivity index (χ3n) is 6.41. The van der Waals surface area contributed by atoms with Crippen molar-refractivity contribution in [2.75, 3.05) is 46.2 Å². The molecule has 0 saturated carbocycles. The van der Waals surface area contributed by atoms with Crippen LogP contribution in [0.5, 0.6) is 11.5 Å². The number of carbonyl (C=O) groups is 1. The van der Waals surface area contributed by atoms with Gasteiger partial charge in [-0.25, -0.2) is 0 Å². The molecule has 3 heterocycles. The number of halogens is 1. The second kappa shape index (κ2) is 9.50. The minimum absolute atomic E-state index is 0.00496. The van der Waals surface area contributed by atoms with Gasteiger partial charge in [-0.3, -0.25) is 4.79 Å². The lowest BCUT2D eigenvalue weighted by Gasteiger charge is -2.36. The minimum Gasteiger partial charge on any atom is -0.453 e. The first kappa shape index (κ1) is 22.6. The first-order chi connectivity index (χ1) is 14.9. The predicted octanol–water partition coefficient (Wildman–Crippen LogP) is 2.33. The van der Waals surface area contributed by atoms with E-state index in [9.17, 15) is 9.90 Å². The Morgan fingerprint density at radius 3 is 2.81 bits per heavy atom. The van der Waals surface area contributed by atoms with Gasteiger partial charge >= 0.3 is 0 Å². The number of fused-ring (bicyclic) bond motifs is 1. The van der Waals surface area contributed by atoms with E-state index in [1.165, 1.54) is 0 Å². The van der Waals surface area contributed by atoms with Crippen molar-refractivity contribution in [2.24, 2.45) is 5.92 Å². The van der Waals surface area contributed by atoms with E-state index < -0.39 is 11.9 Å². The Kier molecular flexibility index (Phi) is 6.93. The van der Waals surface area contributed by atoms with Crippen LogP contribution in [0.2, 0.25) is 5.02 Å². The quantitative estimate of drug-likeness (QED) is 0.653. The Balaban J connectivity index is 1.24. The van der Waals surface area contributed by atoms with Crippen LogP contribution in [0.4, 0.5) is 0 Å². The standard InChI is InChI=1S/C22H31ClN2O6/c1-14-17(23)10-16(20-19(14)28-13-29-20)21(27)24-11-15-4-7-25(12-18(15)26)6-3-5-22(2)30-8-9-31-22/h10,15,18,26H,3-9,11-13H2,1-2H3,(H,24,27). The molecule has 1 aromatic carbocycles.